The summed E-state index contributed by atoms with van der Waals surface area (Å²) in [7, 11) is 0. The van der Waals surface area contributed by atoms with Crippen LogP contribution in [0.5, 0.6) is 0 Å². The van der Waals surface area contributed by atoms with Crippen molar-refractivity contribution in [1.82, 2.24) is 4.98 Å². The van der Waals surface area contributed by atoms with Crippen LogP contribution in [0.1, 0.15) is 42.5 Å². The van der Waals surface area contributed by atoms with Crippen molar-refractivity contribution < 1.29 is 0 Å². The lowest BCUT2D eigenvalue weighted by molar-refractivity contribution is 0.726. The molecule has 1 fully saturated rings. The van der Waals surface area contributed by atoms with E-state index in [0.717, 1.165) is 18.8 Å². The van der Waals surface area contributed by atoms with E-state index < -0.39 is 0 Å². The van der Waals surface area contributed by atoms with Crippen LogP contribution in [0.15, 0.2) is 66.9 Å². The lowest BCUT2D eigenvalue weighted by atomic mass is 10.0. The summed E-state index contributed by atoms with van der Waals surface area (Å²) in [6.07, 6.45) is 11.6. The van der Waals surface area contributed by atoms with Gasteiger partial charge in [0.2, 0.25) is 0 Å². The fraction of sp³-hybridized carbons (Fsp3) is 0.269. The molecule has 4 rings (SSSR count). The summed E-state index contributed by atoms with van der Waals surface area (Å²) in [6, 6.07) is 21.4. The van der Waals surface area contributed by atoms with Crippen LogP contribution in [0.25, 0.3) is 23.3 Å². The van der Waals surface area contributed by atoms with Gasteiger partial charge in [-0.2, -0.15) is 0 Å². The Kier molecular flexibility index (Phi) is 5.86. The van der Waals surface area contributed by atoms with Gasteiger partial charge in [-0.05, 0) is 54.2 Å². The summed E-state index contributed by atoms with van der Waals surface area (Å²) in [6.45, 7) is 4.49. The second-order valence-corrected chi connectivity index (χ2v) is 7.62. The summed E-state index contributed by atoms with van der Waals surface area (Å²) in [5.74, 6) is 0. The Hall–Kier alpha value is -2.87. The topological polar surface area (TPSA) is 16.1 Å². The first-order chi connectivity index (χ1) is 13.8. The highest BCUT2D eigenvalue weighted by molar-refractivity contribution is 5.72. The second-order valence-electron chi connectivity index (χ2n) is 7.62. The van der Waals surface area contributed by atoms with Gasteiger partial charge < -0.3 is 4.90 Å². The summed E-state index contributed by atoms with van der Waals surface area (Å²) < 4.78 is 0. The molecule has 28 heavy (non-hydrogen) atoms. The monoisotopic (exact) mass is 368 g/mol. The Morgan fingerprint density at radius 2 is 1.46 bits per heavy atom. The van der Waals surface area contributed by atoms with E-state index in [1.54, 1.807) is 0 Å². The number of pyridine rings is 1. The third-order valence-corrected chi connectivity index (χ3v) is 5.51. The number of aromatic nitrogens is 1. The van der Waals surface area contributed by atoms with Crippen molar-refractivity contribution in [2.45, 2.75) is 32.6 Å². The highest BCUT2D eigenvalue weighted by Gasteiger charge is 2.12. The molecule has 0 spiro atoms. The molecule has 0 saturated carbocycles. The van der Waals surface area contributed by atoms with Gasteiger partial charge in [0.25, 0.3) is 0 Å². The Balaban J connectivity index is 1.50. The SMILES string of the molecule is Cc1cnc(C=Cc2ccc(-c3ccccc3)cc2)cc1N1CCCCCC1. The van der Waals surface area contributed by atoms with Gasteiger partial charge in [0.05, 0.1) is 5.69 Å². The predicted octanol–water partition coefficient (Wildman–Crippen LogP) is 6.61. The maximum absolute atomic E-state index is 4.62. The van der Waals surface area contributed by atoms with E-state index in [1.807, 2.05) is 6.20 Å². The Labute approximate surface area is 168 Å². The smallest absolute Gasteiger partial charge is 0.0650 e. The Bertz CT molecular complexity index is 918. The van der Waals surface area contributed by atoms with Crippen molar-refractivity contribution in [3.8, 4) is 11.1 Å². The number of aryl methyl sites for hydroxylation is 1. The summed E-state index contributed by atoms with van der Waals surface area (Å²) in [5.41, 5.74) is 7.33. The number of hydrogen-bond acceptors (Lipinski definition) is 2. The number of anilines is 1. The average molecular weight is 369 g/mol. The van der Waals surface area contributed by atoms with Gasteiger partial charge in [-0.1, -0.05) is 73.5 Å². The van der Waals surface area contributed by atoms with E-state index in [1.165, 1.54) is 53.6 Å². The highest BCUT2D eigenvalue weighted by Crippen LogP contribution is 2.25. The minimum atomic E-state index is 1.02. The first kappa shape index (κ1) is 18.5. The van der Waals surface area contributed by atoms with E-state index in [2.05, 4.69) is 89.6 Å². The molecule has 2 nitrogen and oxygen atoms in total. The zero-order valence-corrected chi connectivity index (χ0v) is 16.6. The van der Waals surface area contributed by atoms with Gasteiger partial charge in [0, 0.05) is 25.0 Å². The maximum atomic E-state index is 4.62. The zero-order valence-electron chi connectivity index (χ0n) is 16.6. The molecule has 0 bridgehead atoms. The summed E-state index contributed by atoms with van der Waals surface area (Å²) in [4.78, 5) is 7.16. The summed E-state index contributed by atoms with van der Waals surface area (Å²) in [5, 5.41) is 0. The van der Waals surface area contributed by atoms with E-state index in [4.69, 9.17) is 0 Å². The van der Waals surface area contributed by atoms with Gasteiger partial charge in [0.15, 0.2) is 0 Å². The lowest BCUT2D eigenvalue weighted by Gasteiger charge is -2.24. The molecular formula is C26H28N2. The highest BCUT2D eigenvalue weighted by atomic mass is 15.1. The molecule has 2 aromatic carbocycles. The van der Waals surface area contributed by atoms with Crippen molar-refractivity contribution in [3.05, 3.63) is 83.7 Å². The van der Waals surface area contributed by atoms with E-state index in [-0.39, 0.29) is 0 Å². The van der Waals surface area contributed by atoms with Gasteiger partial charge in [-0.25, -0.2) is 0 Å². The Morgan fingerprint density at radius 1 is 0.786 bits per heavy atom. The average Bonchev–Trinajstić information content (AvgIpc) is 3.04. The lowest BCUT2D eigenvalue weighted by Crippen LogP contribution is -2.24. The van der Waals surface area contributed by atoms with Gasteiger partial charge in [-0.3, -0.25) is 4.98 Å². The second kappa shape index (κ2) is 8.88. The number of nitrogens with zero attached hydrogens (tertiary/aromatic N) is 2. The van der Waals surface area contributed by atoms with Crippen molar-refractivity contribution >= 4 is 17.8 Å². The minimum Gasteiger partial charge on any atom is -0.371 e. The predicted molar refractivity (Wildman–Crippen MR) is 120 cm³/mol. The number of rotatable bonds is 4. The molecular weight excluding hydrogens is 340 g/mol. The van der Waals surface area contributed by atoms with Crippen LogP contribution in [-0.4, -0.2) is 18.1 Å². The zero-order chi connectivity index (χ0) is 19.2. The molecule has 1 aliphatic heterocycles. The van der Waals surface area contributed by atoms with E-state index >= 15 is 0 Å². The molecule has 1 aromatic heterocycles. The minimum absolute atomic E-state index is 1.02. The van der Waals surface area contributed by atoms with Crippen molar-refractivity contribution in [1.29, 1.82) is 0 Å². The number of benzene rings is 2. The molecule has 0 radical (unpaired) electrons. The molecule has 0 aliphatic carbocycles. The first-order valence-electron chi connectivity index (χ1n) is 10.3. The molecule has 142 valence electrons. The number of hydrogen-bond donors (Lipinski definition) is 0. The maximum Gasteiger partial charge on any atom is 0.0650 e. The largest absolute Gasteiger partial charge is 0.371 e. The Morgan fingerprint density at radius 3 is 2.18 bits per heavy atom. The van der Waals surface area contributed by atoms with Gasteiger partial charge in [-0.15, -0.1) is 0 Å². The molecule has 0 unspecified atom stereocenters. The van der Waals surface area contributed by atoms with Crippen LogP contribution in [0.2, 0.25) is 0 Å². The first-order valence-corrected chi connectivity index (χ1v) is 10.3. The van der Waals surface area contributed by atoms with Gasteiger partial charge in [0.1, 0.15) is 0 Å². The third-order valence-electron chi connectivity index (χ3n) is 5.51. The molecule has 0 amide bonds. The molecule has 2 heteroatoms. The molecule has 0 N–H and O–H groups in total. The molecule has 3 aromatic rings. The molecule has 1 aliphatic rings. The van der Waals surface area contributed by atoms with Crippen LogP contribution < -0.4 is 4.90 Å². The van der Waals surface area contributed by atoms with Crippen LogP contribution in [0, 0.1) is 6.92 Å². The van der Waals surface area contributed by atoms with Crippen LogP contribution in [-0.2, 0) is 0 Å². The fourth-order valence-electron chi connectivity index (χ4n) is 3.87. The molecule has 2 heterocycles. The summed E-state index contributed by atoms with van der Waals surface area (Å²) >= 11 is 0. The van der Waals surface area contributed by atoms with Crippen molar-refractivity contribution in [3.63, 3.8) is 0 Å². The quantitative estimate of drug-likeness (QED) is 0.515. The fourth-order valence-corrected chi connectivity index (χ4v) is 3.87. The molecule has 0 atom stereocenters. The van der Waals surface area contributed by atoms with Crippen molar-refractivity contribution in [2.75, 3.05) is 18.0 Å². The third kappa shape index (κ3) is 4.51. The molecule has 1 saturated heterocycles. The van der Waals surface area contributed by atoms with Gasteiger partial charge >= 0.3 is 0 Å². The normalized spacial score (nSPS) is 15.0. The van der Waals surface area contributed by atoms with Crippen LogP contribution in [0.3, 0.4) is 0 Å². The van der Waals surface area contributed by atoms with Crippen LogP contribution >= 0.6 is 0 Å². The standard InChI is InChI=1S/C26H28N2/c1-21-20-27-25(19-26(21)28-17-7-2-3-8-18-28)16-13-22-11-14-24(15-12-22)23-9-5-4-6-10-23/h4-6,9-16,19-20H,2-3,7-8,17-18H2,1H3. The van der Waals surface area contributed by atoms with E-state index in [0.29, 0.717) is 0 Å². The van der Waals surface area contributed by atoms with Crippen LogP contribution in [0.4, 0.5) is 5.69 Å². The van der Waals surface area contributed by atoms with E-state index in [9.17, 15) is 0 Å². The van der Waals surface area contributed by atoms with Crippen molar-refractivity contribution in [2.24, 2.45) is 0 Å².